The normalized spacial score (nSPS) is 11.7. The van der Waals surface area contributed by atoms with Crippen molar-refractivity contribution >= 4 is 17.4 Å². The van der Waals surface area contributed by atoms with Gasteiger partial charge in [-0.3, -0.25) is 10.1 Å². The van der Waals surface area contributed by atoms with Gasteiger partial charge in [0.1, 0.15) is 0 Å². The standard InChI is InChI=1S/C12H17N3O3/c1-3-5-9(2)13-12(16)14-10-6-4-7-11(8-10)15(17)18/h4,6-9H,3,5H2,1-2H3,(H2,13,14,16)/t9-/m0/s1. The smallest absolute Gasteiger partial charge is 0.319 e. The number of nitrogens with one attached hydrogen (secondary N) is 2. The number of non-ortho nitro benzene ring substituents is 1. The van der Waals surface area contributed by atoms with Crippen LogP contribution in [0.1, 0.15) is 26.7 Å². The molecule has 1 atom stereocenters. The molecule has 98 valence electrons. The number of benzene rings is 1. The number of amides is 2. The van der Waals surface area contributed by atoms with Gasteiger partial charge < -0.3 is 10.6 Å². The predicted molar refractivity (Wildman–Crippen MR) is 69.6 cm³/mol. The van der Waals surface area contributed by atoms with Crippen LogP contribution in [0.2, 0.25) is 0 Å². The van der Waals surface area contributed by atoms with Crippen molar-refractivity contribution in [2.45, 2.75) is 32.7 Å². The van der Waals surface area contributed by atoms with Crippen molar-refractivity contribution in [1.82, 2.24) is 5.32 Å². The lowest BCUT2D eigenvalue weighted by Gasteiger charge is -2.13. The fourth-order valence-electron chi connectivity index (χ4n) is 1.59. The molecule has 0 bridgehead atoms. The highest BCUT2D eigenvalue weighted by Crippen LogP contribution is 2.16. The minimum atomic E-state index is -0.497. The lowest BCUT2D eigenvalue weighted by atomic mass is 10.2. The van der Waals surface area contributed by atoms with Crippen LogP contribution in [-0.4, -0.2) is 17.0 Å². The summed E-state index contributed by atoms with van der Waals surface area (Å²) in [5.74, 6) is 0. The van der Waals surface area contributed by atoms with Crippen LogP contribution in [0.25, 0.3) is 0 Å². The number of anilines is 1. The minimum Gasteiger partial charge on any atom is -0.335 e. The molecule has 1 aromatic carbocycles. The lowest BCUT2D eigenvalue weighted by molar-refractivity contribution is -0.384. The Bertz CT molecular complexity index is 434. The van der Waals surface area contributed by atoms with Crippen LogP contribution in [0.15, 0.2) is 24.3 Å². The molecule has 0 spiro atoms. The molecule has 0 aromatic heterocycles. The molecule has 6 nitrogen and oxygen atoms in total. The Hall–Kier alpha value is -2.11. The van der Waals surface area contributed by atoms with Crippen LogP contribution in [0.3, 0.4) is 0 Å². The zero-order valence-corrected chi connectivity index (χ0v) is 10.5. The van der Waals surface area contributed by atoms with Crippen molar-refractivity contribution in [3.05, 3.63) is 34.4 Å². The monoisotopic (exact) mass is 251 g/mol. The SMILES string of the molecule is CCC[C@H](C)NC(=O)Nc1cccc([N+](=O)[O-])c1. The van der Waals surface area contributed by atoms with Crippen molar-refractivity contribution in [2.75, 3.05) is 5.32 Å². The molecule has 0 radical (unpaired) electrons. The van der Waals surface area contributed by atoms with Gasteiger partial charge in [-0.2, -0.15) is 0 Å². The maximum Gasteiger partial charge on any atom is 0.319 e. The summed E-state index contributed by atoms with van der Waals surface area (Å²) in [4.78, 5) is 21.7. The first-order valence-corrected chi connectivity index (χ1v) is 5.85. The van der Waals surface area contributed by atoms with E-state index in [9.17, 15) is 14.9 Å². The Balaban J connectivity index is 2.59. The summed E-state index contributed by atoms with van der Waals surface area (Å²) in [6.07, 6.45) is 1.88. The molecule has 1 aromatic rings. The van der Waals surface area contributed by atoms with Crippen LogP contribution >= 0.6 is 0 Å². The molecule has 0 saturated carbocycles. The van der Waals surface area contributed by atoms with E-state index >= 15 is 0 Å². The Morgan fingerprint density at radius 3 is 2.83 bits per heavy atom. The third-order valence-electron chi connectivity index (χ3n) is 2.41. The topological polar surface area (TPSA) is 84.3 Å². The van der Waals surface area contributed by atoms with E-state index in [1.54, 1.807) is 6.07 Å². The van der Waals surface area contributed by atoms with E-state index in [1.807, 2.05) is 13.8 Å². The molecule has 0 fully saturated rings. The van der Waals surface area contributed by atoms with Gasteiger partial charge in [0, 0.05) is 23.9 Å². The second-order valence-corrected chi connectivity index (χ2v) is 4.10. The zero-order valence-electron chi connectivity index (χ0n) is 10.5. The van der Waals surface area contributed by atoms with E-state index in [-0.39, 0.29) is 17.8 Å². The summed E-state index contributed by atoms with van der Waals surface area (Å²) < 4.78 is 0. The molecule has 0 aliphatic rings. The number of nitro benzene ring substituents is 1. The van der Waals surface area contributed by atoms with Gasteiger partial charge in [-0.25, -0.2) is 4.79 Å². The first kappa shape index (κ1) is 14.0. The van der Waals surface area contributed by atoms with Gasteiger partial charge in [0.25, 0.3) is 5.69 Å². The van der Waals surface area contributed by atoms with Gasteiger partial charge in [-0.05, 0) is 19.4 Å². The average Bonchev–Trinajstić information content (AvgIpc) is 2.29. The molecule has 0 aliphatic carbocycles. The first-order valence-electron chi connectivity index (χ1n) is 5.85. The first-order chi connectivity index (χ1) is 8.52. The predicted octanol–water partition coefficient (Wildman–Crippen LogP) is 2.90. The molecule has 2 N–H and O–H groups in total. The Morgan fingerprint density at radius 2 is 2.22 bits per heavy atom. The molecule has 6 heteroatoms. The van der Waals surface area contributed by atoms with Gasteiger partial charge in [-0.15, -0.1) is 0 Å². The third kappa shape index (κ3) is 4.40. The molecule has 0 unspecified atom stereocenters. The second-order valence-electron chi connectivity index (χ2n) is 4.10. The Labute approximate surface area is 106 Å². The molecule has 0 saturated heterocycles. The quantitative estimate of drug-likeness (QED) is 0.623. The number of nitro groups is 1. The zero-order chi connectivity index (χ0) is 13.5. The summed E-state index contributed by atoms with van der Waals surface area (Å²) in [5.41, 5.74) is 0.361. The highest BCUT2D eigenvalue weighted by Gasteiger charge is 2.09. The van der Waals surface area contributed by atoms with Crippen molar-refractivity contribution in [3.63, 3.8) is 0 Å². The van der Waals surface area contributed by atoms with Crippen LogP contribution in [0, 0.1) is 10.1 Å². The summed E-state index contributed by atoms with van der Waals surface area (Å²) in [5, 5.41) is 15.9. The second kappa shape index (κ2) is 6.58. The fraction of sp³-hybridized carbons (Fsp3) is 0.417. The molecule has 2 amide bonds. The number of nitrogens with zero attached hydrogens (tertiary/aromatic N) is 1. The third-order valence-corrected chi connectivity index (χ3v) is 2.41. The Kier molecular flexibility index (Phi) is 5.10. The van der Waals surface area contributed by atoms with E-state index in [0.717, 1.165) is 12.8 Å². The molecule has 0 aliphatic heterocycles. The average molecular weight is 251 g/mol. The largest absolute Gasteiger partial charge is 0.335 e. The number of hydrogen-bond acceptors (Lipinski definition) is 3. The lowest BCUT2D eigenvalue weighted by Crippen LogP contribution is -2.35. The maximum absolute atomic E-state index is 11.6. The van der Waals surface area contributed by atoms with Crippen LogP contribution < -0.4 is 10.6 Å². The van der Waals surface area contributed by atoms with Crippen LogP contribution in [0.5, 0.6) is 0 Å². The van der Waals surface area contributed by atoms with E-state index < -0.39 is 4.92 Å². The van der Waals surface area contributed by atoms with E-state index in [2.05, 4.69) is 10.6 Å². The van der Waals surface area contributed by atoms with Gasteiger partial charge >= 0.3 is 6.03 Å². The number of carbonyl (C=O) groups excluding carboxylic acids is 1. The Morgan fingerprint density at radius 1 is 1.50 bits per heavy atom. The van der Waals surface area contributed by atoms with Crippen molar-refractivity contribution in [1.29, 1.82) is 0 Å². The molecule has 18 heavy (non-hydrogen) atoms. The van der Waals surface area contributed by atoms with Crippen molar-refractivity contribution < 1.29 is 9.72 Å². The molecular formula is C12H17N3O3. The van der Waals surface area contributed by atoms with Gasteiger partial charge in [0.2, 0.25) is 0 Å². The van der Waals surface area contributed by atoms with E-state index in [1.165, 1.54) is 18.2 Å². The number of hydrogen-bond donors (Lipinski definition) is 2. The van der Waals surface area contributed by atoms with Crippen molar-refractivity contribution in [2.24, 2.45) is 0 Å². The number of carbonyl (C=O) groups is 1. The van der Waals surface area contributed by atoms with E-state index in [0.29, 0.717) is 5.69 Å². The maximum atomic E-state index is 11.6. The summed E-state index contributed by atoms with van der Waals surface area (Å²) in [6, 6.07) is 5.57. The molecule has 0 heterocycles. The van der Waals surface area contributed by atoms with Gasteiger partial charge in [0.15, 0.2) is 0 Å². The number of rotatable bonds is 5. The minimum absolute atomic E-state index is 0.0468. The molecule has 1 rings (SSSR count). The summed E-state index contributed by atoms with van der Waals surface area (Å²) >= 11 is 0. The van der Waals surface area contributed by atoms with Crippen LogP contribution in [-0.2, 0) is 0 Å². The van der Waals surface area contributed by atoms with Gasteiger partial charge in [-0.1, -0.05) is 19.4 Å². The summed E-state index contributed by atoms with van der Waals surface area (Å²) in [7, 11) is 0. The number of urea groups is 1. The van der Waals surface area contributed by atoms with Crippen LogP contribution in [0.4, 0.5) is 16.2 Å². The fourth-order valence-corrected chi connectivity index (χ4v) is 1.59. The van der Waals surface area contributed by atoms with E-state index in [4.69, 9.17) is 0 Å². The highest BCUT2D eigenvalue weighted by atomic mass is 16.6. The van der Waals surface area contributed by atoms with Crippen molar-refractivity contribution in [3.8, 4) is 0 Å². The highest BCUT2D eigenvalue weighted by molar-refractivity contribution is 5.89. The summed E-state index contributed by atoms with van der Waals surface area (Å²) in [6.45, 7) is 3.95. The molecular weight excluding hydrogens is 234 g/mol. The van der Waals surface area contributed by atoms with Gasteiger partial charge in [0.05, 0.1) is 4.92 Å².